The van der Waals surface area contributed by atoms with Gasteiger partial charge in [0.05, 0.1) is 0 Å². The molecule has 0 radical (unpaired) electrons. The molecule has 2 aromatic rings. The van der Waals surface area contributed by atoms with Crippen molar-refractivity contribution in [1.82, 2.24) is 9.88 Å². The molecule has 5 heteroatoms. The van der Waals surface area contributed by atoms with Gasteiger partial charge in [-0.05, 0) is 61.8 Å². The first-order valence-electron chi connectivity index (χ1n) is 9.92. The van der Waals surface area contributed by atoms with E-state index >= 15 is 0 Å². The molecule has 1 aromatic heterocycles. The van der Waals surface area contributed by atoms with E-state index < -0.39 is 0 Å². The Kier molecular flexibility index (Phi) is 5.01. The number of hydrogen-bond acceptors (Lipinski definition) is 3. The molecule has 1 N–H and O–H groups in total. The number of rotatable bonds is 4. The zero-order valence-electron chi connectivity index (χ0n) is 15.9. The summed E-state index contributed by atoms with van der Waals surface area (Å²) in [6.45, 7) is 2.64. The number of hydrogen-bond donors (Lipinski definition) is 1. The fourth-order valence-electron chi connectivity index (χ4n) is 4.36. The summed E-state index contributed by atoms with van der Waals surface area (Å²) >= 11 is 0. The van der Waals surface area contributed by atoms with Crippen LogP contribution in [-0.4, -0.2) is 42.5 Å². The Labute approximate surface area is 160 Å². The maximum atomic E-state index is 12.9. The molecular weight excluding hydrogens is 338 g/mol. The number of amides is 1. The van der Waals surface area contributed by atoms with E-state index in [1.165, 1.54) is 5.69 Å². The summed E-state index contributed by atoms with van der Waals surface area (Å²) in [5.41, 5.74) is 3.43. The lowest BCUT2D eigenvalue weighted by Gasteiger charge is -2.23. The molecule has 1 aromatic carbocycles. The summed E-state index contributed by atoms with van der Waals surface area (Å²) in [6, 6.07) is 12.2. The summed E-state index contributed by atoms with van der Waals surface area (Å²) in [5, 5.41) is 0. The van der Waals surface area contributed by atoms with Crippen LogP contribution in [0.3, 0.4) is 0 Å². The molecule has 5 nitrogen and oxygen atoms in total. The molecule has 2 heterocycles. The van der Waals surface area contributed by atoms with Gasteiger partial charge in [-0.2, -0.15) is 0 Å². The third-order valence-electron chi connectivity index (χ3n) is 5.85. The predicted octanol–water partition coefficient (Wildman–Crippen LogP) is 2.85. The number of nitrogens with one attached hydrogen (secondary N) is 1. The molecule has 1 atom stereocenters. The van der Waals surface area contributed by atoms with Gasteiger partial charge in [-0.1, -0.05) is 18.2 Å². The number of aryl methyl sites for hydroxylation is 2. The summed E-state index contributed by atoms with van der Waals surface area (Å²) in [7, 11) is 1.81. The summed E-state index contributed by atoms with van der Waals surface area (Å²) in [5.74, 6) is 0.263. The lowest BCUT2D eigenvalue weighted by atomic mass is 9.95. The highest BCUT2D eigenvalue weighted by molar-refractivity contribution is 5.94. The quantitative estimate of drug-likeness (QED) is 0.906. The van der Waals surface area contributed by atoms with E-state index in [9.17, 15) is 9.59 Å². The number of nitrogens with zero attached hydrogens (tertiary/aromatic N) is 2. The minimum absolute atomic E-state index is 0.164. The Morgan fingerprint density at radius 2 is 2.00 bits per heavy atom. The highest BCUT2D eigenvalue weighted by Gasteiger charge is 2.26. The van der Waals surface area contributed by atoms with E-state index in [2.05, 4.69) is 34.1 Å². The highest BCUT2D eigenvalue weighted by atomic mass is 16.2. The van der Waals surface area contributed by atoms with Gasteiger partial charge in [0.15, 0.2) is 0 Å². The second kappa shape index (κ2) is 7.59. The average Bonchev–Trinajstić information content (AvgIpc) is 3.16. The number of aromatic nitrogens is 1. The second-order valence-corrected chi connectivity index (χ2v) is 7.84. The van der Waals surface area contributed by atoms with Gasteiger partial charge in [-0.3, -0.25) is 9.59 Å². The third kappa shape index (κ3) is 3.77. The molecule has 1 saturated heterocycles. The largest absolute Gasteiger partial charge is 0.371 e. The minimum atomic E-state index is -0.246. The van der Waals surface area contributed by atoms with Gasteiger partial charge in [-0.25, -0.2) is 0 Å². The van der Waals surface area contributed by atoms with Crippen molar-refractivity contribution in [3.8, 4) is 0 Å². The molecule has 4 rings (SSSR count). The molecular formula is C22H27N3O2. The van der Waals surface area contributed by atoms with Crippen molar-refractivity contribution in [1.29, 1.82) is 0 Å². The molecule has 1 amide bonds. The van der Waals surface area contributed by atoms with Gasteiger partial charge in [-0.15, -0.1) is 0 Å². The van der Waals surface area contributed by atoms with Gasteiger partial charge >= 0.3 is 0 Å². The van der Waals surface area contributed by atoms with Gasteiger partial charge in [0.2, 0.25) is 0 Å². The number of fused-ring (bicyclic) bond motifs is 1. The summed E-state index contributed by atoms with van der Waals surface area (Å²) in [6.07, 6.45) is 5.15. The van der Waals surface area contributed by atoms with Gasteiger partial charge < -0.3 is 14.8 Å². The van der Waals surface area contributed by atoms with Crippen LogP contribution in [0.25, 0.3) is 0 Å². The number of anilines is 1. The van der Waals surface area contributed by atoms with Gasteiger partial charge in [0.25, 0.3) is 11.5 Å². The van der Waals surface area contributed by atoms with Crippen molar-refractivity contribution in [2.45, 2.75) is 32.1 Å². The lowest BCUT2D eigenvalue weighted by molar-refractivity contribution is 0.0774. The van der Waals surface area contributed by atoms with Crippen molar-refractivity contribution < 1.29 is 4.79 Å². The minimum Gasteiger partial charge on any atom is -0.371 e. The molecule has 1 unspecified atom stereocenters. The summed E-state index contributed by atoms with van der Waals surface area (Å²) < 4.78 is 0. The Bertz CT molecular complexity index is 875. The van der Waals surface area contributed by atoms with Crippen LogP contribution in [0.1, 0.15) is 40.9 Å². The lowest BCUT2D eigenvalue weighted by Crippen LogP contribution is -2.36. The fraction of sp³-hybridized carbons (Fsp3) is 0.455. The first-order chi connectivity index (χ1) is 13.1. The first kappa shape index (κ1) is 17.8. The molecule has 142 valence electrons. The average molecular weight is 365 g/mol. The smallest absolute Gasteiger partial charge is 0.261 e. The van der Waals surface area contributed by atoms with Crippen LogP contribution in [0.2, 0.25) is 0 Å². The van der Waals surface area contributed by atoms with Crippen molar-refractivity contribution in [2.75, 3.05) is 31.6 Å². The highest BCUT2D eigenvalue weighted by Crippen LogP contribution is 2.24. The zero-order valence-corrected chi connectivity index (χ0v) is 15.9. The fourth-order valence-corrected chi connectivity index (χ4v) is 4.36. The maximum Gasteiger partial charge on any atom is 0.261 e. The number of benzene rings is 1. The molecule has 0 saturated carbocycles. The Hall–Kier alpha value is -2.56. The van der Waals surface area contributed by atoms with E-state index in [1.807, 2.05) is 19.2 Å². The van der Waals surface area contributed by atoms with Crippen LogP contribution in [0, 0.1) is 5.92 Å². The van der Waals surface area contributed by atoms with E-state index in [-0.39, 0.29) is 17.0 Å². The number of pyridine rings is 1. The SMILES string of the molecule is CN(CC1CCN(c2ccccc2)C1)C(=O)c1cc2c([nH]c1=O)CCCC2. The Balaban J connectivity index is 1.42. The normalized spacial score (nSPS) is 19.0. The Morgan fingerprint density at radius 3 is 2.81 bits per heavy atom. The van der Waals surface area contributed by atoms with E-state index in [0.717, 1.165) is 56.5 Å². The van der Waals surface area contributed by atoms with Crippen LogP contribution in [0.5, 0.6) is 0 Å². The number of H-pyrrole nitrogens is 1. The van der Waals surface area contributed by atoms with Crippen LogP contribution < -0.4 is 10.5 Å². The maximum absolute atomic E-state index is 12.9. The number of aromatic amines is 1. The molecule has 2 aliphatic rings. The zero-order chi connectivity index (χ0) is 18.8. The van der Waals surface area contributed by atoms with Crippen molar-refractivity contribution in [2.24, 2.45) is 5.92 Å². The van der Waals surface area contributed by atoms with Crippen molar-refractivity contribution >= 4 is 11.6 Å². The first-order valence-corrected chi connectivity index (χ1v) is 9.92. The molecule has 27 heavy (non-hydrogen) atoms. The molecule has 1 aliphatic heterocycles. The Morgan fingerprint density at radius 1 is 1.22 bits per heavy atom. The molecule has 1 fully saturated rings. The standard InChI is InChI=1S/C22H27N3O2/c1-24(14-16-11-12-25(15-16)18-8-3-2-4-9-18)22(27)19-13-17-7-5-6-10-20(17)23-21(19)26/h2-4,8-9,13,16H,5-7,10-12,14-15H2,1H3,(H,23,26). The monoisotopic (exact) mass is 365 g/mol. The number of carbonyl (C=O) groups excluding carboxylic acids is 1. The number of carbonyl (C=O) groups is 1. The molecule has 0 spiro atoms. The van der Waals surface area contributed by atoms with Crippen LogP contribution in [0.15, 0.2) is 41.2 Å². The van der Waals surface area contributed by atoms with E-state index in [0.29, 0.717) is 12.5 Å². The second-order valence-electron chi connectivity index (χ2n) is 7.84. The van der Waals surface area contributed by atoms with E-state index in [4.69, 9.17) is 0 Å². The van der Waals surface area contributed by atoms with E-state index in [1.54, 1.807) is 4.90 Å². The van der Waals surface area contributed by atoms with Crippen molar-refractivity contribution in [3.63, 3.8) is 0 Å². The number of para-hydroxylation sites is 1. The molecule has 0 bridgehead atoms. The third-order valence-corrected chi connectivity index (χ3v) is 5.85. The topological polar surface area (TPSA) is 56.4 Å². The van der Waals surface area contributed by atoms with Gasteiger partial charge in [0.1, 0.15) is 5.56 Å². The predicted molar refractivity (Wildman–Crippen MR) is 107 cm³/mol. The van der Waals surface area contributed by atoms with Crippen LogP contribution >= 0.6 is 0 Å². The molecule has 1 aliphatic carbocycles. The van der Waals surface area contributed by atoms with Gasteiger partial charge in [0, 0.05) is 38.1 Å². The van der Waals surface area contributed by atoms with Crippen LogP contribution in [0.4, 0.5) is 5.69 Å². The van der Waals surface area contributed by atoms with Crippen molar-refractivity contribution in [3.05, 3.63) is 63.6 Å². The summed E-state index contributed by atoms with van der Waals surface area (Å²) in [4.78, 5) is 32.3. The van der Waals surface area contributed by atoms with Crippen LogP contribution in [-0.2, 0) is 12.8 Å².